The van der Waals surface area contributed by atoms with Crippen LogP contribution in [-0.4, -0.2) is 56.7 Å². The zero-order valence-electron chi connectivity index (χ0n) is 13.4. The average Bonchev–Trinajstić information content (AvgIpc) is 2.57. The van der Waals surface area contributed by atoms with Crippen molar-refractivity contribution in [3.63, 3.8) is 0 Å². The molecule has 24 heavy (non-hydrogen) atoms. The molecule has 3 rings (SSSR count). The molecule has 7 nitrogen and oxygen atoms in total. The van der Waals surface area contributed by atoms with Crippen molar-refractivity contribution in [3.8, 4) is 0 Å². The Morgan fingerprint density at radius 1 is 1.25 bits per heavy atom. The molecule has 0 atom stereocenters. The molecule has 1 saturated heterocycles. The predicted octanol–water partition coefficient (Wildman–Crippen LogP) is 1.55. The quantitative estimate of drug-likeness (QED) is 0.769. The van der Waals surface area contributed by atoms with Gasteiger partial charge in [0.25, 0.3) is 0 Å². The summed E-state index contributed by atoms with van der Waals surface area (Å²) in [5.41, 5.74) is 0. The minimum Gasteiger partial charge on any atom is -0.379 e. The average molecular weight is 419 g/mol. The van der Waals surface area contributed by atoms with Crippen LogP contribution in [0.2, 0.25) is 0 Å². The predicted molar refractivity (Wildman–Crippen MR) is 95.4 cm³/mol. The summed E-state index contributed by atoms with van der Waals surface area (Å²) in [7, 11) is -3.73. The highest BCUT2D eigenvalue weighted by Gasteiger charge is 2.27. The van der Waals surface area contributed by atoms with E-state index in [0.29, 0.717) is 22.4 Å². The Kier molecular flexibility index (Phi) is 5.76. The van der Waals surface area contributed by atoms with E-state index >= 15 is 0 Å². The van der Waals surface area contributed by atoms with Crippen LogP contribution < -0.4 is 10.5 Å². The molecule has 1 saturated carbocycles. The Bertz CT molecular complexity index is 671. The first-order valence-electron chi connectivity index (χ1n) is 8.20. The van der Waals surface area contributed by atoms with Gasteiger partial charge in [-0.25, -0.2) is 18.5 Å². The number of hydrogen-bond acceptors (Lipinski definition) is 6. The molecule has 0 spiro atoms. The first-order valence-corrected chi connectivity index (χ1v) is 10.5. The zero-order valence-corrected chi connectivity index (χ0v) is 15.9. The molecule has 1 aliphatic heterocycles. The van der Waals surface area contributed by atoms with Crippen molar-refractivity contribution in [3.05, 3.63) is 16.7 Å². The lowest BCUT2D eigenvalue weighted by Gasteiger charge is -2.39. The monoisotopic (exact) mass is 418 g/mol. The number of morpholine rings is 1. The van der Waals surface area contributed by atoms with Gasteiger partial charge >= 0.3 is 0 Å². The lowest BCUT2D eigenvalue weighted by molar-refractivity contribution is 0.00790. The number of nitrogens with two attached hydrogens (primary N) is 1. The van der Waals surface area contributed by atoms with E-state index in [1.807, 2.05) is 0 Å². The smallest absolute Gasteiger partial charge is 0.239 e. The van der Waals surface area contributed by atoms with E-state index in [-0.39, 0.29) is 4.90 Å². The highest BCUT2D eigenvalue weighted by Crippen LogP contribution is 2.29. The summed E-state index contributed by atoms with van der Waals surface area (Å²) in [4.78, 5) is 6.75. The van der Waals surface area contributed by atoms with Crippen molar-refractivity contribution >= 4 is 31.8 Å². The largest absolute Gasteiger partial charge is 0.379 e. The molecule has 0 radical (unpaired) electrons. The number of sulfonamides is 1. The topological polar surface area (TPSA) is 97.6 Å². The summed E-state index contributed by atoms with van der Waals surface area (Å²) in [6, 6.07) is 2.49. The van der Waals surface area contributed by atoms with Crippen LogP contribution in [0.15, 0.2) is 21.6 Å². The summed E-state index contributed by atoms with van der Waals surface area (Å²) < 4.78 is 28.7. The molecule has 1 aromatic heterocycles. The van der Waals surface area contributed by atoms with Crippen LogP contribution in [0, 0.1) is 0 Å². The molecular weight excluding hydrogens is 396 g/mol. The Morgan fingerprint density at radius 2 is 1.92 bits per heavy atom. The Labute approximate surface area is 151 Å². The molecule has 2 heterocycles. The van der Waals surface area contributed by atoms with E-state index in [2.05, 4.69) is 31.1 Å². The number of ether oxygens (including phenoxy) is 1. The fourth-order valence-corrected chi connectivity index (χ4v) is 4.50. The first kappa shape index (κ1) is 18.1. The van der Waals surface area contributed by atoms with E-state index in [4.69, 9.17) is 9.88 Å². The van der Waals surface area contributed by atoms with Gasteiger partial charge in [-0.15, -0.1) is 0 Å². The van der Waals surface area contributed by atoms with Crippen molar-refractivity contribution in [1.82, 2.24) is 9.88 Å². The molecule has 0 unspecified atom stereocenters. The molecular formula is C15H23BrN4O3S. The van der Waals surface area contributed by atoms with Crippen LogP contribution >= 0.6 is 15.9 Å². The van der Waals surface area contributed by atoms with Gasteiger partial charge in [0.05, 0.1) is 17.7 Å². The van der Waals surface area contributed by atoms with Crippen molar-refractivity contribution in [1.29, 1.82) is 0 Å². The van der Waals surface area contributed by atoms with Crippen LogP contribution in [0.1, 0.15) is 25.7 Å². The van der Waals surface area contributed by atoms with Gasteiger partial charge in [0.15, 0.2) is 0 Å². The number of rotatable bonds is 4. The standard InChI is InChI=1S/C15H23BrN4O3S/c16-14-9-13(24(17,21)22)10-18-15(14)19-11-1-3-12(4-2-11)20-5-7-23-8-6-20/h9-12H,1-8H2,(H,18,19)(H2,17,21,22)/t11-,12-. The maximum Gasteiger partial charge on any atom is 0.239 e. The second-order valence-electron chi connectivity index (χ2n) is 6.34. The molecule has 0 aromatic carbocycles. The van der Waals surface area contributed by atoms with Crippen molar-refractivity contribution in [2.75, 3.05) is 31.6 Å². The SMILES string of the molecule is NS(=O)(=O)c1cnc(N[C@H]2CC[C@H](N3CCOCC3)CC2)c(Br)c1. The summed E-state index contributed by atoms with van der Waals surface area (Å²) in [6.45, 7) is 3.74. The van der Waals surface area contributed by atoms with Crippen LogP contribution in [0.25, 0.3) is 0 Å². The normalized spacial score (nSPS) is 26.2. The third kappa shape index (κ3) is 4.45. The number of nitrogens with zero attached hydrogens (tertiary/aromatic N) is 2. The van der Waals surface area contributed by atoms with Gasteiger partial charge in [0.1, 0.15) is 10.7 Å². The van der Waals surface area contributed by atoms with Gasteiger partial charge in [-0.1, -0.05) is 0 Å². The van der Waals surface area contributed by atoms with Gasteiger partial charge in [-0.2, -0.15) is 0 Å². The second kappa shape index (κ2) is 7.65. The Morgan fingerprint density at radius 3 is 2.50 bits per heavy atom. The third-order valence-electron chi connectivity index (χ3n) is 4.74. The summed E-state index contributed by atoms with van der Waals surface area (Å²) >= 11 is 3.37. The maximum absolute atomic E-state index is 11.4. The molecule has 0 bridgehead atoms. The number of primary sulfonamides is 1. The number of hydrogen-bond donors (Lipinski definition) is 2. The maximum atomic E-state index is 11.4. The summed E-state index contributed by atoms with van der Waals surface area (Å²) in [5, 5.41) is 8.54. The zero-order chi connectivity index (χ0) is 17.2. The van der Waals surface area contributed by atoms with Gasteiger partial charge in [-0.3, -0.25) is 4.90 Å². The molecule has 1 aliphatic carbocycles. The summed E-state index contributed by atoms with van der Waals surface area (Å²) in [5.74, 6) is 0.664. The van der Waals surface area contributed by atoms with Gasteiger partial charge < -0.3 is 10.1 Å². The van der Waals surface area contributed by atoms with E-state index in [1.54, 1.807) is 0 Å². The van der Waals surface area contributed by atoms with Crippen LogP contribution in [-0.2, 0) is 14.8 Å². The van der Waals surface area contributed by atoms with Crippen LogP contribution in [0.5, 0.6) is 0 Å². The summed E-state index contributed by atoms with van der Waals surface area (Å²) in [6.07, 6.45) is 5.76. The second-order valence-corrected chi connectivity index (χ2v) is 8.76. The number of pyridine rings is 1. The molecule has 0 amide bonds. The Hall–Kier alpha value is -0.740. The van der Waals surface area contributed by atoms with Crippen molar-refractivity contribution in [2.45, 2.75) is 42.7 Å². The minimum atomic E-state index is -3.73. The molecule has 1 aromatic rings. The van der Waals surface area contributed by atoms with E-state index in [9.17, 15) is 8.42 Å². The van der Waals surface area contributed by atoms with Crippen LogP contribution in [0.4, 0.5) is 5.82 Å². The van der Waals surface area contributed by atoms with Gasteiger partial charge in [-0.05, 0) is 47.7 Å². The van der Waals surface area contributed by atoms with Gasteiger partial charge in [0, 0.05) is 31.4 Å². The number of nitrogens with one attached hydrogen (secondary N) is 1. The first-order chi connectivity index (χ1) is 11.4. The number of aromatic nitrogens is 1. The highest BCUT2D eigenvalue weighted by atomic mass is 79.9. The fourth-order valence-electron chi connectivity index (χ4n) is 3.40. The number of anilines is 1. The molecule has 3 N–H and O–H groups in total. The lowest BCUT2D eigenvalue weighted by atomic mass is 9.90. The lowest BCUT2D eigenvalue weighted by Crippen LogP contribution is -2.46. The molecule has 134 valence electrons. The van der Waals surface area contributed by atoms with E-state index < -0.39 is 10.0 Å². The third-order valence-corrected chi connectivity index (χ3v) is 6.23. The van der Waals surface area contributed by atoms with Crippen molar-refractivity contribution < 1.29 is 13.2 Å². The van der Waals surface area contributed by atoms with Gasteiger partial charge in [0.2, 0.25) is 10.0 Å². The van der Waals surface area contributed by atoms with Crippen molar-refractivity contribution in [2.24, 2.45) is 5.14 Å². The molecule has 2 aliphatic rings. The Balaban J connectivity index is 1.56. The number of halogens is 1. The minimum absolute atomic E-state index is 0.0101. The fraction of sp³-hybridized carbons (Fsp3) is 0.667. The van der Waals surface area contributed by atoms with Crippen LogP contribution in [0.3, 0.4) is 0 Å². The van der Waals surface area contributed by atoms with E-state index in [0.717, 1.165) is 52.0 Å². The van der Waals surface area contributed by atoms with E-state index in [1.165, 1.54) is 12.3 Å². The molecule has 2 fully saturated rings. The highest BCUT2D eigenvalue weighted by molar-refractivity contribution is 9.10. The molecule has 9 heteroatoms.